The highest BCUT2D eigenvalue weighted by atomic mass is 32.2. The Hall–Kier alpha value is -2.52. The highest BCUT2D eigenvalue weighted by molar-refractivity contribution is 7.89. The zero-order valence-electron chi connectivity index (χ0n) is 17.8. The average Bonchev–Trinajstić information content (AvgIpc) is 3.18. The summed E-state index contributed by atoms with van der Waals surface area (Å²) in [6, 6.07) is 8.70. The van der Waals surface area contributed by atoms with Crippen LogP contribution in [0.3, 0.4) is 0 Å². The second-order valence-corrected chi connectivity index (χ2v) is 9.58. The van der Waals surface area contributed by atoms with Gasteiger partial charge in [0.2, 0.25) is 15.9 Å². The minimum absolute atomic E-state index is 0.0127. The number of halogens is 1. The summed E-state index contributed by atoms with van der Waals surface area (Å²) < 4.78 is 41.5. The van der Waals surface area contributed by atoms with Crippen LogP contribution in [-0.2, 0) is 27.8 Å². The minimum atomic E-state index is -3.74. The number of nitrogens with zero attached hydrogens (tertiary/aromatic N) is 3. The van der Waals surface area contributed by atoms with Gasteiger partial charge in [-0.25, -0.2) is 12.8 Å². The molecular formula is C22H28FN3O4S. The van der Waals surface area contributed by atoms with Gasteiger partial charge in [0.25, 0.3) is 5.56 Å². The van der Waals surface area contributed by atoms with Gasteiger partial charge in [0.05, 0.1) is 4.90 Å². The summed E-state index contributed by atoms with van der Waals surface area (Å²) in [7, 11) is -3.74. The van der Waals surface area contributed by atoms with E-state index in [2.05, 4.69) is 0 Å². The van der Waals surface area contributed by atoms with E-state index < -0.39 is 15.6 Å². The lowest BCUT2D eigenvalue weighted by molar-refractivity contribution is -0.132. The first kappa shape index (κ1) is 23.1. The first-order valence-corrected chi connectivity index (χ1v) is 11.9. The van der Waals surface area contributed by atoms with Gasteiger partial charge in [-0.1, -0.05) is 26.0 Å². The lowest BCUT2D eigenvalue weighted by Crippen LogP contribution is -2.40. The summed E-state index contributed by atoms with van der Waals surface area (Å²) in [5.41, 5.74) is 0.377. The molecule has 1 saturated heterocycles. The molecule has 0 saturated carbocycles. The van der Waals surface area contributed by atoms with Gasteiger partial charge in [0.15, 0.2) is 0 Å². The van der Waals surface area contributed by atoms with E-state index in [4.69, 9.17) is 0 Å². The maximum atomic E-state index is 13.5. The van der Waals surface area contributed by atoms with Gasteiger partial charge in [-0.2, -0.15) is 4.31 Å². The molecule has 0 radical (unpaired) electrons. The van der Waals surface area contributed by atoms with Crippen LogP contribution in [0.4, 0.5) is 4.39 Å². The Balaban J connectivity index is 1.78. The Morgan fingerprint density at radius 1 is 1.19 bits per heavy atom. The van der Waals surface area contributed by atoms with Gasteiger partial charge in [-0.05, 0) is 43.0 Å². The fraction of sp³-hybridized carbons (Fsp3) is 0.455. The van der Waals surface area contributed by atoms with E-state index in [1.807, 2.05) is 6.07 Å². The molecule has 2 heterocycles. The van der Waals surface area contributed by atoms with Crippen LogP contribution in [0.15, 0.2) is 52.3 Å². The lowest BCUT2D eigenvalue weighted by Gasteiger charge is -2.25. The normalized spacial score (nSPS) is 16.8. The van der Waals surface area contributed by atoms with Gasteiger partial charge in [-0.15, -0.1) is 0 Å². The highest BCUT2D eigenvalue weighted by Gasteiger charge is 2.29. The third-order valence-corrected chi connectivity index (χ3v) is 7.70. The van der Waals surface area contributed by atoms with Gasteiger partial charge < -0.3 is 9.47 Å². The van der Waals surface area contributed by atoms with E-state index in [0.717, 1.165) is 23.0 Å². The molecule has 31 heavy (non-hydrogen) atoms. The van der Waals surface area contributed by atoms with Crippen molar-refractivity contribution in [3.8, 4) is 0 Å². The Morgan fingerprint density at radius 3 is 2.61 bits per heavy atom. The molecule has 1 unspecified atom stereocenters. The van der Waals surface area contributed by atoms with Gasteiger partial charge >= 0.3 is 0 Å². The zero-order chi connectivity index (χ0) is 22.6. The van der Waals surface area contributed by atoms with Gasteiger partial charge in [0.1, 0.15) is 12.4 Å². The number of hydrogen-bond acceptors (Lipinski definition) is 4. The molecule has 3 rings (SSSR count). The van der Waals surface area contributed by atoms with E-state index >= 15 is 0 Å². The number of benzene rings is 1. The van der Waals surface area contributed by atoms with E-state index in [9.17, 15) is 22.4 Å². The van der Waals surface area contributed by atoms with Crippen molar-refractivity contribution in [1.29, 1.82) is 0 Å². The largest absolute Gasteiger partial charge is 0.338 e. The quantitative estimate of drug-likeness (QED) is 0.619. The fourth-order valence-corrected chi connectivity index (χ4v) is 5.53. The number of carbonyl (C=O) groups excluding carboxylic acids is 1. The molecule has 2 aromatic rings. The third kappa shape index (κ3) is 5.22. The van der Waals surface area contributed by atoms with Crippen LogP contribution in [-0.4, -0.2) is 53.8 Å². The number of likely N-dealkylation sites (tertiary alicyclic amines) is 1. The van der Waals surface area contributed by atoms with E-state index in [1.54, 1.807) is 24.8 Å². The summed E-state index contributed by atoms with van der Waals surface area (Å²) >= 11 is 0. The molecule has 9 heteroatoms. The molecule has 0 N–H and O–H groups in total. The van der Waals surface area contributed by atoms with Crippen LogP contribution in [0, 0.1) is 5.82 Å². The summed E-state index contributed by atoms with van der Waals surface area (Å²) in [6.07, 6.45) is 3.41. The van der Waals surface area contributed by atoms with Crippen LogP contribution in [0.2, 0.25) is 0 Å². The molecule has 1 fully saturated rings. The molecule has 1 aliphatic heterocycles. The van der Waals surface area contributed by atoms with Crippen molar-refractivity contribution in [2.75, 3.05) is 19.6 Å². The Bertz CT molecular complexity index is 1100. The van der Waals surface area contributed by atoms with Crippen molar-refractivity contribution in [2.45, 2.75) is 50.6 Å². The fourth-order valence-electron chi connectivity index (χ4n) is 4.05. The average molecular weight is 450 g/mol. The van der Waals surface area contributed by atoms with Crippen molar-refractivity contribution in [3.05, 3.63) is 64.3 Å². The lowest BCUT2D eigenvalue weighted by atomic mass is 10.0. The number of pyridine rings is 1. The molecule has 1 aromatic heterocycles. The number of sulfonamides is 1. The minimum Gasteiger partial charge on any atom is -0.338 e. The Kier molecular flexibility index (Phi) is 7.27. The van der Waals surface area contributed by atoms with Crippen LogP contribution in [0.25, 0.3) is 0 Å². The van der Waals surface area contributed by atoms with Crippen molar-refractivity contribution in [2.24, 2.45) is 0 Å². The second kappa shape index (κ2) is 9.74. The summed E-state index contributed by atoms with van der Waals surface area (Å²) in [6.45, 7) is 4.43. The van der Waals surface area contributed by atoms with Gasteiger partial charge in [-0.3, -0.25) is 9.59 Å². The van der Waals surface area contributed by atoms with E-state index in [0.29, 0.717) is 26.1 Å². The maximum absolute atomic E-state index is 13.5. The molecule has 0 aliphatic carbocycles. The highest BCUT2D eigenvalue weighted by Crippen LogP contribution is 2.22. The molecule has 1 aliphatic rings. The standard InChI is InChI=1S/C22H28FN3O4S/c1-3-25(4-2)31(29,30)20-10-11-21(27)24(15-20)16-22(28)26-12-6-9-19(26)14-17-7-5-8-18(23)13-17/h5,7-8,10-11,13,15,19H,3-4,6,9,12,14,16H2,1-2H3. The Labute approximate surface area is 182 Å². The molecule has 0 bridgehead atoms. The SMILES string of the molecule is CCN(CC)S(=O)(=O)c1ccc(=O)n(CC(=O)N2CCCC2Cc2cccc(F)c2)c1. The van der Waals surface area contributed by atoms with Gasteiger partial charge in [0, 0.05) is 37.9 Å². The van der Waals surface area contributed by atoms with Crippen LogP contribution in [0.1, 0.15) is 32.3 Å². The third-order valence-electron chi connectivity index (χ3n) is 5.66. The summed E-state index contributed by atoms with van der Waals surface area (Å²) in [4.78, 5) is 27.0. The summed E-state index contributed by atoms with van der Waals surface area (Å²) in [5, 5.41) is 0. The van der Waals surface area contributed by atoms with Crippen molar-refractivity contribution in [1.82, 2.24) is 13.8 Å². The molecule has 168 valence electrons. The zero-order valence-corrected chi connectivity index (χ0v) is 18.6. The predicted molar refractivity (Wildman–Crippen MR) is 116 cm³/mol. The maximum Gasteiger partial charge on any atom is 0.251 e. The first-order valence-electron chi connectivity index (χ1n) is 10.5. The summed E-state index contributed by atoms with van der Waals surface area (Å²) in [5.74, 6) is -0.565. The number of amides is 1. The van der Waals surface area contributed by atoms with Crippen LogP contribution < -0.4 is 5.56 Å². The molecular weight excluding hydrogens is 421 g/mol. The van der Waals surface area contributed by atoms with Crippen molar-refractivity contribution in [3.63, 3.8) is 0 Å². The second-order valence-electron chi connectivity index (χ2n) is 7.64. The van der Waals surface area contributed by atoms with Crippen LogP contribution in [0.5, 0.6) is 0 Å². The number of aromatic nitrogens is 1. The number of rotatable bonds is 8. The molecule has 1 amide bonds. The predicted octanol–water partition coefficient (Wildman–Crippen LogP) is 2.25. The Morgan fingerprint density at radius 2 is 1.94 bits per heavy atom. The number of hydrogen-bond donors (Lipinski definition) is 0. The van der Waals surface area contributed by atoms with Crippen LogP contribution >= 0.6 is 0 Å². The molecule has 0 spiro atoms. The monoisotopic (exact) mass is 449 g/mol. The van der Waals surface area contributed by atoms with E-state index in [-0.39, 0.29) is 29.2 Å². The van der Waals surface area contributed by atoms with Crippen molar-refractivity contribution >= 4 is 15.9 Å². The molecule has 1 atom stereocenters. The number of carbonyl (C=O) groups is 1. The first-order chi connectivity index (χ1) is 14.8. The van der Waals surface area contributed by atoms with Crippen molar-refractivity contribution < 1.29 is 17.6 Å². The molecule has 7 nitrogen and oxygen atoms in total. The smallest absolute Gasteiger partial charge is 0.251 e. The topological polar surface area (TPSA) is 79.7 Å². The van der Waals surface area contributed by atoms with E-state index in [1.165, 1.54) is 34.8 Å². The molecule has 1 aromatic carbocycles.